The van der Waals surface area contributed by atoms with Crippen molar-refractivity contribution in [2.45, 2.75) is 42.8 Å². The van der Waals surface area contributed by atoms with Crippen molar-refractivity contribution in [2.75, 3.05) is 53.6 Å². The molecule has 0 saturated carbocycles. The summed E-state index contributed by atoms with van der Waals surface area (Å²) in [6.45, 7) is 0.971. The van der Waals surface area contributed by atoms with Crippen molar-refractivity contribution in [1.82, 2.24) is 9.21 Å². The molecular weight excluding hydrogens is 536 g/mol. The van der Waals surface area contributed by atoms with Gasteiger partial charge in [0.05, 0.1) is 32.3 Å². The van der Waals surface area contributed by atoms with Gasteiger partial charge in [-0.15, -0.1) is 0 Å². The minimum Gasteiger partial charge on any atom is -0.497 e. The fourth-order valence-electron chi connectivity index (χ4n) is 4.89. The van der Waals surface area contributed by atoms with Crippen molar-refractivity contribution in [2.24, 2.45) is 0 Å². The van der Waals surface area contributed by atoms with Crippen LogP contribution in [-0.2, 0) is 24.3 Å². The number of allylic oxidation sites excluding steroid dienone is 1. The van der Waals surface area contributed by atoms with Crippen LogP contribution in [0.1, 0.15) is 37.2 Å². The molecule has 2 aromatic carbocycles. The van der Waals surface area contributed by atoms with Crippen molar-refractivity contribution in [1.29, 1.82) is 0 Å². The van der Waals surface area contributed by atoms with E-state index in [-0.39, 0.29) is 48.8 Å². The minimum absolute atomic E-state index is 0.00110. The average Bonchev–Trinajstić information content (AvgIpc) is 3.00. The van der Waals surface area contributed by atoms with E-state index in [1.54, 1.807) is 19.2 Å². The number of carbonyl (C=O) groups is 1. The minimum atomic E-state index is -3.88. The number of aliphatic hydroxyl groups is 1. The van der Waals surface area contributed by atoms with Gasteiger partial charge < -0.3 is 29.0 Å². The predicted molar refractivity (Wildman–Crippen MR) is 149 cm³/mol. The zero-order chi connectivity index (χ0) is 28.5. The van der Waals surface area contributed by atoms with E-state index < -0.39 is 16.3 Å². The van der Waals surface area contributed by atoms with Crippen LogP contribution in [-0.4, -0.2) is 88.5 Å². The van der Waals surface area contributed by atoms with Crippen LogP contribution in [0.2, 0.25) is 0 Å². The fraction of sp³-hybridized carbons (Fsp3) is 0.483. The number of hydrogen-bond acceptors (Lipinski definition) is 8. The lowest BCUT2D eigenvalue weighted by molar-refractivity contribution is -0.153. The number of aliphatic hydroxyl groups excluding tert-OH is 1. The Hall–Kier alpha value is -3.12. The van der Waals surface area contributed by atoms with Crippen LogP contribution >= 0.6 is 0 Å². The summed E-state index contributed by atoms with van der Waals surface area (Å²) in [5.41, 5.74) is 0.991. The second kappa shape index (κ2) is 14.0. The lowest BCUT2D eigenvalue weighted by atomic mass is 9.92. The molecule has 40 heavy (non-hydrogen) atoms. The van der Waals surface area contributed by atoms with Crippen LogP contribution in [0.4, 0.5) is 0 Å². The van der Waals surface area contributed by atoms with Crippen LogP contribution in [0.25, 0.3) is 0 Å². The van der Waals surface area contributed by atoms with Crippen molar-refractivity contribution >= 4 is 15.9 Å². The van der Waals surface area contributed by atoms with Gasteiger partial charge in [-0.25, -0.2) is 8.42 Å². The summed E-state index contributed by atoms with van der Waals surface area (Å²) >= 11 is 0. The Bertz CT molecular complexity index is 1240. The highest BCUT2D eigenvalue weighted by molar-refractivity contribution is 7.89. The molecule has 0 aromatic heterocycles. The smallest absolute Gasteiger partial charge is 0.288 e. The molecular formula is C29H38N2O8S. The van der Waals surface area contributed by atoms with Crippen molar-refractivity contribution in [3.8, 4) is 11.5 Å². The Morgan fingerprint density at radius 1 is 0.975 bits per heavy atom. The average molecular weight is 575 g/mol. The summed E-state index contributed by atoms with van der Waals surface area (Å²) in [4.78, 5) is 15.2. The summed E-state index contributed by atoms with van der Waals surface area (Å²) in [6, 6.07) is 13.7. The summed E-state index contributed by atoms with van der Waals surface area (Å²) < 4.78 is 50.1. The Morgan fingerprint density at radius 3 is 2.20 bits per heavy atom. The summed E-state index contributed by atoms with van der Waals surface area (Å²) in [5, 5.41) is 9.54. The van der Waals surface area contributed by atoms with Crippen LogP contribution in [0.15, 0.2) is 65.3 Å². The fourth-order valence-corrected chi connectivity index (χ4v) is 6.31. The lowest BCUT2D eigenvalue weighted by Gasteiger charge is -2.33. The second-order valence-electron chi connectivity index (χ2n) is 9.72. The van der Waals surface area contributed by atoms with Crippen molar-refractivity contribution < 1.29 is 37.3 Å². The molecule has 0 radical (unpaired) electrons. The van der Waals surface area contributed by atoms with Crippen LogP contribution in [0, 0.1) is 0 Å². The van der Waals surface area contributed by atoms with Crippen LogP contribution in [0.5, 0.6) is 11.5 Å². The van der Waals surface area contributed by atoms with Gasteiger partial charge in [0.25, 0.3) is 5.91 Å². The maximum atomic E-state index is 13.3. The van der Waals surface area contributed by atoms with E-state index in [9.17, 15) is 18.3 Å². The van der Waals surface area contributed by atoms with E-state index in [4.69, 9.17) is 18.9 Å². The highest BCUT2D eigenvalue weighted by Gasteiger charge is 2.32. The topological polar surface area (TPSA) is 115 Å². The van der Waals surface area contributed by atoms with Gasteiger partial charge in [0.1, 0.15) is 11.5 Å². The molecule has 2 heterocycles. The van der Waals surface area contributed by atoms with E-state index in [2.05, 4.69) is 0 Å². The molecule has 2 aromatic rings. The quantitative estimate of drug-likeness (QED) is 0.411. The Morgan fingerprint density at radius 2 is 1.60 bits per heavy atom. The zero-order valence-corrected chi connectivity index (χ0v) is 23.8. The molecule has 10 nitrogen and oxygen atoms in total. The number of piperidine rings is 1. The highest BCUT2D eigenvalue weighted by Crippen LogP contribution is 2.33. The maximum Gasteiger partial charge on any atom is 0.288 e. The van der Waals surface area contributed by atoms with Gasteiger partial charge in [-0.1, -0.05) is 12.1 Å². The molecule has 2 aliphatic heterocycles. The number of hydrogen-bond donors (Lipinski definition) is 1. The van der Waals surface area contributed by atoms with E-state index in [0.717, 1.165) is 30.6 Å². The molecule has 11 heteroatoms. The van der Waals surface area contributed by atoms with Gasteiger partial charge in [-0.2, -0.15) is 4.31 Å². The first-order valence-electron chi connectivity index (χ1n) is 13.5. The standard InChI is InChI=1S/C29H38N2O8S/c1-36-24-8-6-22(7-9-24)23-20-27(29(33)30-14-4-3-5-15-30)39-28(21-23)38-19-17-31(16-18-32)40(34,35)26-12-10-25(37-2)11-13-26/h6-13,20,23,28,32H,3-5,14-19,21H2,1-2H3/t23-,28+/m0/s1. The number of rotatable bonds is 12. The molecule has 1 fully saturated rings. The summed E-state index contributed by atoms with van der Waals surface area (Å²) in [6.07, 6.45) is 4.59. The third kappa shape index (κ3) is 7.34. The van der Waals surface area contributed by atoms with Gasteiger partial charge in [-0.05, 0) is 67.3 Å². The number of amides is 1. The van der Waals surface area contributed by atoms with Gasteiger partial charge in [0.2, 0.25) is 16.3 Å². The first-order valence-corrected chi connectivity index (χ1v) is 15.0. The van der Waals surface area contributed by atoms with Gasteiger partial charge in [0, 0.05) is 38.5 Å². The van der Waals surface area contributed by atoms with Crippen LogP contribution < -0.4 is 9.47 Å². The Labute approximate surface area is 236 Å². The zero-order valence-electron chi connectivity index (χ0n) is 23.0. The molecule has 0 aliphatic carbocycles. The van der Waals surface area contributed by atoms with Crippen molar-refractivity contribution in [3.63, 3.8) is 0 Å². The van der Waals surface area contributed by atoms with E-state index in [1.807, 2.05) is 35.2 Å². The molecule has 1 N–H and O–H groups in total. The number of benzene rings is 2. The first-order chi connectivity index (χ1) is 19.3. The molecule has 2 aliphatic rings. The molecule has 2 atom stereocenters. The number of likely N-dealkylation sites (tertiary alicyclic amines) is 1. The predicted octanol–water partition coefficient (Wildman–Crippen LogP) is 3.13. The molecule has 1 saturated heterocycles. The number of methoxy groups -OCH3 is 2. The third-order valence-electron chi connectivity index (χ3n) is 7.15. The van der Waals surface area contributed by atoms with Crippen molar-refractivity contribution in [3.05, 3.63) is 65.9 Å². The second-order valence-corrected chi connectivity index (χ2v) is 11.7. The van der Waals surface area contributed by atoms with Crippen LogP contribution in [0.3, 0.4) is 0 Å². The van der Waals surface area contributed by atoms with Gasteiger partial charge in [0.15, 0.2) is 5.76 Å². The lowest BCUT2D eigenvalue weighted by Crippen LogP contribution is -2.40. The Kier molecular flexibility index (Phi) is 10.4. The van der Waals surface area contributed by atoms with Gasteiger partial charge >= 0.3 is 0 Å². The van der Waals surface area contributed by atoms with E-state index in [1.165, 1.54) is 23.5 Å². The maximum absolute atomic E-state index is 13.3. The molecule has 4 rings (SSSR count). The Balaban J connectivity index is 1.46. The van der Waals surface area contributed by atoms with E-state index >= 15 is 0 Å². The SMILES string of the molecule is COc1ccc([C@H]2C=C(C(=O)N3CCCCC3)O[C@@H](OCCN(CCO)S(=O)(=O)c3ccc(OC)cc3)C2)cc1. The molecule has 1 amide bonds. The van der Waals surface area contributed by atoms with Gasteiger partial charge in [-0.3, -0.25) is 4.79 Å². The number of carbonyl (C=O) groups excluding carboxylic acids is 1. The number of sulfonamides is 1. The third-order valence-corrected chi connectivity index (χ3v) is 9.06. The number of nitrogens with zero attached hydrogens (tertiary/aromatic N) is 2. The number of ether oxygens (including phenoxy) is 4. The monoisotopic (exact) mass is 574 g/mol. The first kappa shape index (κ1) is 29.9. The summed E-state index contributed by atoms with van der Waals surface area (Å²) in [5.74, 6) is 1.23. The van der Waals surface area contributed by atoms with E-state index in [0.29, 0.717) is 25.3 Å². The molecule has 0 spiro atoms. The molecule has 0 unspecified atom stereocenters. The summed E-state index contributed by atoms with van der Waals surface area (Å²) in [7, 11) is -0.763. The largest absolute Gasteiger partial charge is 0.497 e. The highest BCUT2D eigenvalue weighted by atomic mass is 32.2. The molecule has 0 bridgehead atoms. The normalized spacial score (nSPS) is 19.6. The molecule has 218 valence electrons.